The van der Waals surface area contributed by atoms with E-state index in [2.05, 4.69) is 25.2 Å². The van der Waals surface area contributed by atoms with Gasteiger partial charge >= 0.3 is 0 Å². The lowest BCUT2D eigenvalue weighted by atomic mass is 10.2. The highest BCUT2D eigenvalue weighted by Crippen LogP contribution is 2.36. The normalized spacial score (nSPS) is 11.4. The average molecular weight is 349 g/mol. The molecule has 0 N–H and O–H groups in total. The molecule has 1 aromatic carbocycles. The molecule has 0 aliphatic heterocycles. The van der Waals surface area contributed by atoms with Crippen LogP contribution in [0.2, 0.25) is 0 Å². The molecule has 25 heavy (non-hydrogen) atoms. The van der Waals surface area contributed by atoms with Crippen LogP contribution in [0.1, 0.15) is 5.69 Å². The van der Waals surface area contributed by atoms with Crippen LogP contribution in [0.5, 0.6) is 0 Å². The summed E-state index contributed by atoms with van der Waals surface area (Å²) in [4.78, 5) is 13.7. The van der Waals surface area contributed by atoms with Gasteiger partial charge in [0.2, 0.25) is 0 Å². The molecular weight excluding hydrogens is 337 g/mol. The Morgan fingerprint density at radius 3 is 2.68 bits per heavy atom. The van der Waals surface area contributed by atoms with Crippen LogP contribution in [0.3, 0.4) is 0 Å². The number of halogens is 1. The van der Waals surface area contributed by atoms with Gasteiger partial charge in [0.05, 0.1) is 15.9 Å². The maximum absolute atomic E-state index is 13.1. The Morgan fingerprint density at radius 1 is 1.00 bits per heavy atom. The quantitative estimate of drug-likeness (QED) is 0.477. The van der Waals surface area contributed by atoms with Crippen molar-refractivity contribution in [2.24, 2.45) is 10.2 Å². The van der Waals surface area contributed by atoms with Crippen molar-refractivity contribution in [2.45, 2.75) is 6.54 Å². The third kappa shape index (κ3) is 3.41. The molecule has 4 aromatic rings. The first kappa shape index (κ1) is 15.5. The number of aromatic nitrogens is 3. The van der Waals surface area contributed by atoms with Gasteiger partial charge in [-0.05, 0) is 35.9 Å². The lowest BCUT2D eigenvalue weighted by Gasteiger charge is -1.95. The second-order valence-corrected chi connectivity index (χ2v) is 6.30. The van der Waals surface area contributed by atoms with Gasteiger partial charge in [0.1, 0.15) is 18.7 Å². The third-order valence-electron chi connectivity index (χ3n) is 3.55. The van der Waals surface area contributed by atoms with E-state index in [1.165, 1.54) is 29.8 Å². The number of rotatable bonds is 4. The topological polar surface area (TPSA) is 63.4 Å². The zero-order chi connectivity index (χ0) is 17.1. The second-order valence-electron chi connectivity index (χ2n) is 5.25. The zero-order valence-corrected chi connectivity index (χ0v) is 13.8. The first-order valence-corrected chi connectivity index (χ1v) is 8.39. The Bertz CT molecular complexity index is 1030. The SMILES string of the molecule is Fc1ccc(-c2cc3ncnc(N=NCc4ccccn4)c3s2)cc1. The van der Waals surface area contributed by atoms with Crippen molar-refractivity contribution in [2.75, 3.05) is 0 Å². The summed E-state index contributed by atoms with van der Waals surface area (Å²) in [6.07, 6.45) is 3.20. The molecule has 0 atom stereocenters. The number of thiophene rings is 1. The van der Waals surface area contributed by atoms with Gasteiger partial charge in [-0.25, -0.2) is 14.4 Å². The maximum atomic E-state index is 13.1. The predicted molar refractivity (Wildman–Crippen MR) is 95.3 cm³/mol. The monoisotopic (exact) mass is 349 g/mol. The van der Waals surface area contributed by atoms with Crippen LogP contribution in [0.15, 0.2) is 71.3 Å². The second kappa shape index (κ2) is 6.82. The molecule has 3 heterocycles. The maximum Gasteiger partial charge on any atom is 0.195 e. The molecule has 7 heteroatoms. The minimum absolute atomic E-state index is 0.256. The van der Waals surface area contributed by atoms with Crippen LogP contribution in [0.4, 0.5) is 10.2 Å². The van der Waals surface area contributed by atoms with Gasteiger partial charge in [0.25, 0.3) is 0 Å². The van der Waals surface area contributed by atoms with E-state index in [1.807, 2.05) is 24.3 Å². The lowest BCUT2D eigenvalue weighted by Crippen LogP contribution is -1.84. The summed E-state index contributed by atoms with van der Waals surface area (Å²) in [5, 5.41) is 8.42. The van der Waals surface area contributed by atoms with E-state index in [0.29, 0.717) is 12.4 Å². The van der Waals surface area contributed by atoms with Gasteiger partial charge in [-0.1, -0.05) is 18.2 Å². The Morgan fingerprint density at radius 2 is 1.88 bits per heavy atom. The summed E-state index contributed by atoms with van der Waals surface area (Å²) in [7, 11) is 0. The highest BCUT2D eigenvalue weighted by atomic mass is 32.1. The van der Waals surface area contributed by atoms with Crippen LogP contribution < -0.4 is 0 Å². The summed E-state index contributed by atoms with van der Waals surface area (Å²) >= 11 is 1.51. The molecule has 0 spiro atoms. The molecule has 0 saturated heterocycles. The van der Waals surface area contributed by atoms with Crippen molar-refractivity contribution in [3.05, 3.63) is 72.6 Å². The van der Waals surface area contributed by atoms with E-state index in [0.717, 1.165) is 26.4 Å². The van der Waals surface area contributed by atoms with Crippen LogP contribution in [0.25, 0.3) is 20.7 Å². The Balaban J connectivity index is 1.64. The van der Waals surface area contributed by atoms with Crippen LogP contribution >= 0.6 is 11.3 Å². The number of hydrogen-bond acceptors (Lipinski definition) is 6. The fourth-order valence-corrected chi connectivity index (χ4v) is 3.38. The first-order valence-electron chi connectivity index (χ1n) is 7.57. The summed E-state index contributed by atoms with van der Waals surface area (Å²) in [5.41, 5.74) is 2.57. The van der Waals surface area contributed by atoms with Gasteiger partial charge in [0.15, 0.2) is 5.82 Å². The molecule has 4 rings (SSSR count). The number of nitrogens with zero attached hydrogens (tertiary/aromatic N) is 5. The Labute approximate surface area is 147 Å². The molecule has 0 aliphatic carbocycles. The van der Waals surface area contributed by atoms with Gasteiger partial charge in [0, 0.05) is 11.1 Å². The number of fused-ring (bicyclic) bond motifs is 1. The molecule has 0 radical (unpaired) electrons. The van der Waals surface area contributed by atoms with Gasteiger partial charge in [-0.2, -0.15) is 5.11 Å². The fourth-order valence-electron chi connectivity index (χ4n) is 2.34. The summed E-state index contributed by atoms with van der Waals surface area (Å²) < 4.78 is 14.0. The predicted octanol–water partition coefficient (Wildman–Crippen LogP) is 5.18. The standard InChI is InChI=1S/C18H12FN5S/c19-13-6-4-12(5-7-13)16-9-15-17(25-16)18(22-11-21-15)24-23-10-14-3-1-2-8-20-14/h1-9,11H,10H2. The molecule has 0 aliphatic rings. The Hall–Kier alpha value is -3.06. The van der Waals surface area contributed by atoms with Crippen LogP contribution in [-0.4, -0.2) is 15.0 Å². The molecule has 0 bridgehead atoms. The highest BCUT2D eigenvalue weighted by molar-refractivity contribution is 7.22. The smallest absolute Gasteiger partial charge is 0.195 e. The third-order valence-corrected chi connectivity index (χ3v) is 4.71. The number of benzene rings is 1. The van der Waals surface area contributed by atoms with E-state index >= 15 is 0 Å². The van der Waals surface area contributed by atoms with E-state index in [9.17, 15) is 4.39 Å². The van der Waals surface area contributed by atoms with Crippen molar-refractivity contribution < 1.29 is 4.39 Å². The number of azo groups is 1. The average Bonchev–Trinajstić information content (AvgIpc) is 3.08. The van der Waals surface area contributed by atoms with E-state index in [4.69, 9.17) is 0 Å². The van der Waals surface area contributed by atoms with Crippen molar-refractivity contribution in [1.29, 1.82) is 0 Å². The van der Waals surface area contributed by atoms with E-state index < -0.39 is 0 Å². The number of hydrogen-bond donors (Lipinski definition) is 0. The largest absolute Gasteiger partial charge is 0.259 e. The molecule has 122 valence electrons. The Kier molecular flexibility index (Phi) is 4.22. The molecule has 0 unspecified atom stereocenters. The number of pyridine rings is 1. The summed E-state index contributed by atoms with van der Waals surface area (Å²) in [6, 6.07) is 14.0. The zero-order valence-electron chi connectivity index (χ0n) is 13.0. The molecule has 0 saturated carbocycles. The minimum atomic E-state index is -0.256. The summed E-state index contributed by atoms with van der Waals surface area (Å²) in [6.45, 7) is 0.391. The van der Waals surface area contributed by atoms with Crippen molar-refractivity contribution in [1.82, 2.24) is 15.0 Å². The van der Waals surface area contributed by atoms with E-state index in [1.54, 1.807) is 18.3 Å². The lowest BCUT2D eigenvalue weighted by molar-refractivity contribution is 0.628. The van der Waals surface area contributed by atoms with Crippen molar-refractivity contribution in [3.8, 4) is 10.4 Å². The fraction of sp³-hybridized carbons (Fsp3) is 0.0556. The molecule has 5 nitrogen and oxygen atoms in total. The van der Waals surface area contributed by atoms with Crippen LogP contribution in [-0.2, 0) is 6.54 Å². The summed E-state index contributed by atoms with van der Waals surface area (Å²) in [5.74, 6) is 0.271. The van der Waals surface area contributed by atoms with Crippen molar-refractivity contribution >= 4 is 27.4 Å². The van der Waals surface area contributed by atoms with Gasteiger partial charge in [-0.3, -0.25) is 4.98 Å². The van der Waals surface area contributed by atoms with Crippen molar-refractivity contribution in [3.63, 3.8) is 0 Å². The molecule has 0 fully saturated rings. The van der Waals surface area contributed by atoms with Gasteiger partial charge in [-0.15, -0.1) is 16.5 Å². The first-order chi connectivity index (χ1) is 12.3. The van der Waals surface area contributed by atoms with E-state index in [-0.39, 0.29) is 5.82 Å². The molecule has 3 aromatic heterocycles. The highest BCUT2D eigenvalue weighted by Gasteiger charge is 2.10. The van der Waals surface area contributed by atoms with Gasteiger partial charge < -0.3 is 0 Å². The minimum Gasteiger partial charge on any atom is -0.259 e. The van der Waals surface area contributed by atoms with Crippen LogP contribution in [0, 0.1) is 5.82 Å². The molecular formula is C18H12FN5S. The molecule has 0 amide bonds.